The Balaban J connectivity index is 1.93. The molecule has 0 bridgehead atoms. The van der Waals surface area contributed by atoms with Crippen molar-refractivity contribution in [2.75, 3.05) is 5.32 Å². The Morgan fingerprint density at radius 1 is 1.26 bits per heavy atom. The number of carboxylic acid groups (broad SMARTS) is 1. The quantitative estimate of drug-likeness (QED) is 0.759. The minimum absolute atomic E-state index is 0.0185. The van der Waals surface area contributed by atoms with Gasteiger partial charge in [-0.2, -0.15) is 0 Å². The van der Waals surface area contributed by atoms with Crippen molar-refractivity contribution in [2.45, 2.75) is 32.2 Å². The highest BCUT2D eigenvalue weighted by Gasteiger charge is 2.22. The molecule has 1 aromatic heterocycles. The summed E-state index contributed by atoms with van der Waals surface area (Å²) in [6.07, 6.45) is 0.305. The third-order valence-electron chi connectivity index (χ3n) is 3.23. The van der Waals surface area contributed by atoms with Crippen LogP contribution < -0.4 is 10.6 Å². The fraction of sp³-hybridized carbons (Fsp3) is 0.312. The van der Waals surface area contributed by atoms with E-state index < -0.39 is 17.5 Å². The number of urea groups is 1. The number of carboxylic acids is 1. The van der Waals surface area contributed by atoms with Gasteiger partial charge >= 0.3 is 12.0 Å². The van der Waals surface area contributed by atoms with Crippen LogP contribution in [0.4, 0.5) is 10.6 Å². The normalized spacial score (nSPS) is 11.0. The van der Waals surface area contributed by atoms with Gasteiger partial charge in [-0.25, -0.2) is 4.79 Å². The van der Waals surface area contributed by atoms with Crippen LogP contribution in [0, 0.1) is 0 Å². The highest BCUT2D eigenvalue weighted by Crippen LogP contribution is 2.22. The number of nitrogens with zero attached hydrogens (tertiary/aromatic N) is 1. The molecule has 0 fully saturated rings. The van der Waals surface area contributed by atoms with Gasteiger partial charge in [-0.05, 0) is 20.3 Å². The van der Waals surface area contributed by atoms with E-state index in [1.54, 1.807) is 19.9 Å². The molecule has 0 unspecified atom stereocenters. The van der Waals surface area contributed by atoms with E-state index in [0.29, 0.717) is 12.2 Å². The van der Waals surface area contributed by atoms with E-state index >= 15 is 0 Å². The first-order valence-electron chi connectivity index (χ1n) is 7.19. The smallest absolute Gasteiger partial charge is 0.320 e. The molecule has 0 saturated heterocycles. The van der Waals surface area contributed by atoms with Crippen molar-refractivity contribution in [3.05, 3.63) is 36.4 Å². The van der Waals surface area contributed by atoms with Crippen LogP contribution in [0.2, 0.25) is 0 Å². The van der Waals surface area contributed by atoms with E-state index in [4.69, 9.17) is 9.63 Å². The van der Waals surface area contributed by atoms with Crippen molar-refractivity contribution < 1.29 is 19.2 Å². The number of amides is 2. The molecule has 1 heterocycles. The van der Waals surface area contributed by atoms with Crippen molar-refractivity contribution >= 4 is 17.8 Å². The van der Waals surface area contributed by atoms with Crippen molar-refractivity contribution in [2.24, 2.45) is 0 Å². The molecule has 0 saturated carbocycles. The zero-order chi connectivity index (χ0) is 16.9. The predicted molar refractivity (Wildman–Crippen MR) is 85.0 cm³/mol. The molecular weight excluding hydrogens is 298 g/mol. The molecule has 23 heavy (non-hydrogen) atoms. The highest BCUT2D eigenvalue weighted by atomic mass is 16.5. The minimum Gasteiger partial charge on any atom is -0.481 e. The van der Waals surface area contributed by atoms with Gasteiger partial charge in [0.2, 0.25) is 0 Å². The zero-order valence-electron chi connectivity index (χ0n) is 13.0. The van der Waals surface area contributed by atoms with Crippen molar-refractivity contribution in [1.82, 2.24) is 10.5 Å². The first-order chi connectivity index (χ1) is 10.9. The molecule has 0 aliphatic carbocycles. The summed E-state index contributed by atoms with van der Waals surface area (Å²) in [4.78, 5) is 22.6. The summed E-state index contributed by atoms with van der Waals surface area (Å²) in [6, 6.07) is 10.6. The van der Waals surface area contributed by atoms with E-state index in [9.17, 15) is 9.59 Å². The van der Waals surface area contributed by atoms with E-state index in [0.717, 1.165) is 5.56 Å². The lowest BCUT2D eigenvalue weighted by Crippen LogP contribution is -2.45. The molecule has 7 nitrogen and oxygen atoms in total. The number of rotatable bonds is 6. The second kappa shape index (κ2) is 6.95. The Morgan fingerprint density at radius 3 is 2.61 bits per heavy atom. The molecule has 7 heteroatoms. The van der Waals surface area contributed by atoms with Gasteiger partial charge in [0, 0.05) is 23.6 Å². The number of aromatic nitrogens is 1. The van der Waals surface area contributed by atoms with E-state index in [1.807, 2.05) is 30.3 Å². The molecule has 2 rings (SSSR count). The number of hydrogen-bond acceptors (Lipinski definition) is 4. The molecule has 0 aliphatic rings. The van der Waals surface area contributed by atoms with E-state index in [2.05, 4.69) is 15.8 Å². The van der Waals surface area contributed by atoms with E-state index in [1.165, 1.54) is 0 Å². The molecule has 122 valence electrons. The molecule has 1 aromatic carbocycles. The summed E-state index contributed by atoms with van der Waals surface area (Å²) in [5, 5.41) is 17.8. The van der Waals surface area contributed by atoms with Gasteiger partial charge in [-0.1, -0.05) is 35.5 Å². The van der Waals surface area contributed by atoms with Crippen LogP contribution in [0.25, 0.3) is 11.3 Å². The first-order valence-corrected chi connectivity index (χ1v) is 7.19. The molecule has 2 amide bonds. The number of carbonyl (C=O) groups excluding carboxylic acids is 1. The molecule has 3 N–H and O–H groups in total. The van der Waals surface area contributed by atoms with Crippen molar-refractivity contribution in [3.8, 4) is 11.3 Å². The summed E-state index contributed by atoms with van der Waals surface area (Å²) < 4.78 is 5.19. The maximum Gasteiger partial charge on any atom is 0.320 e. The minimum atomic E-state index is -0.899. The molecule has 0 aliphatic heterocycles. The molecule has 0 spiro atoms. The topological polar surface area (TPSA) is 104 Å². The Kier molecular flexibility index (Phi) is 5.00. The van der Waals surface area contributed by atoms with Crippen LogP contribution in [0.5, 0.6) is 0 Å². The number of hydrogen-bond donors (Lipinski definition) is 3. The lowest BCUT2D eigenvalue weighted by molar-refractivity contribution is -0.137. The number of carbonyl (C=O) groups is 2. The van der Waals surface area contributed by atoms with Gasteiger partial charge in [0.15, 0.2) is 11.6 Å². The Labute approximate surface area is 133 Å². The van der Waals surface area contributed by atoms with Gasteiger partial charge in [0.25, 0.3) is 0 Å². The fourth-order valence-electron chi connectivity index (χ4n) is 2.01. The lowest BCUT2D eigenvalue weighted by Gasteiger charge is -2.25. The van der Waals surface area contributed by atoms with Gasteiger partial charge in [0.05, 0.1) is 0 Å². The van der Waals surface area contributed by atoms with Crippen LogP contribution in [-0.4, -0.2) is 27.8 Å². The summed E-state index contributed by atoms with van der Waals surface area (Å²) in [5.74, 6) is -0.0642. The van der Waals surface area contributed by atoms with Gasteiger partial charge in [-0.3, -0.25) is 10.1 Å². The fourth-order valence-corrected chi connectivity index (χ4v) is 2.01. The number of nitrogens with one attached hydrogen (secondary N) is 2. The lowest BCUT2D eigenvalue weighted by atomic mass is 9.99. The Hall–Kier alpha value is -2.83. The summed E-state index contributed by atoms with van der Waals surface area (Å²) >= 11 is 0. The van der Waals surface area contributed by atoms with Crippen molar-refractivity contribution in [1.29, 1.82) is 0 Å². The highest BCUT2D eigenvalue weighted by molar-refractivity contribution is 5.89. The number of benzene rings is 1. The third-order valence-corrected chi connectivity index (χ3v) is 3.23. The number of anilines is 1. The largest absolute Gasteiger partial charge is 0.481 e. The maximum absolute atomic E-state index is 12.0. The number of aliphatic carboxylic acids is 1. The van der Waals surface area contributed by atoms with Crippen LogP contribution in [-0.2, 0) is 4.79 Å². The molecule has 2 aromatic rings. The van der Waals surface area contributed by atoms with Crippen LogP contribution in [0.1, 0.15) is 26.7 Å². The molecule has 0 radical (unpaired) electrons. The van der Waals surface area contributed by atoms with E-state index in [-0.39, 0.29) is 12.2 Å². The van der Waals surface area contributed by atoms with Crippen LogP contribution in [0.3, 0.4) is 0 Å². The van der Waals surface area contributed by atoms with Gasteiger partial charge in [-0.15, -0.1) is 0 Å². The first kappa shape index (κ1) is 16.5. The Morgan fingerprint density at radius 2 is 1.96 bits per heavy atom. The third kappa shape index (κ3) is 5.14. The predicted octanol–water partition coefficient (Wildman–Crippen LogP) is 3.11. The molecule has 0 atom stereocenters. The summed E-state index contributed by atoms with van der Waals surface area (Å²) in [5.41, 5.74) is 0.212. The second-order valence-electron chi connectivity index (χ2n) is 5.80. The van der Waals surface area contributed by atoms with Gasteiger partial charge < -0.3 is 14.9 Å². The maximum atomic E-state index is 12.0. The Bertz CT molecular complexity index is 680. The summed E-state index contributed by atoms with van der Waals surface area (Å²) in [6.45, 7) is 3.52. The molecular formula is C16H19N3O4. The average molecular weight is 317 g/mol. The zero-order valence-corrected chi connectivity index (χ0v) is 13.0. The van der Waals surface area contributed by atoms with Crippen molar-refractivity contribution in [3.63, 3.8) is 0 Å². The SMILES string of the molecule is CC(C)(CCC(=O)O)NC(=O)Nc1cc(-c2ccccc2)on1. The summed E-state index contributed by atoms with van der Waals surface area (Å²) in [7, 11) is 0. The van der Waals surface area contributed by atoms with Gasteiger partial charge in [0.1, 0.15) is 0 Å². The standard InChI is InChI=1S/C16H19N3O4/c1-16(2,9-8-14(20)21)18-15(22)17-13-10-12(23-19-13)11-6-4-3-5-7-11/h3-7,10H,8-9H2,1-2H3,(H,20,21)(H2,17,18,19,22). The second-order valence-corrected chi connectivity index (χ2v) is 5.80. The van der Waals surface area contributed by atoms with Crippen LogP contribution in [0.15, 0.2) is 40.9 Å². The average Bonchev–Trinajstić information content (AvgIpc) is 2.94. The van der Waals surface area contributed by atoms with Crippen LogP contribution >= 0.6 is 0 Å². The monoisotopic (exact) mass is 317 g/mol.